The van der Waals surface area contributed by atoms with Crippen molar-refractivity contribution < 1.29 is 86.3 Å². The van der Waals surface area contributed by atoms with Crippen molar-refractivity contribution >= 4 is 112 Å². The minimum atomic E-state index is -2.44. The summed E-state index contributed by atoms with van der Waals surface area (Å²) in [5, 5.41) is 0. The predicted molar refractivity (Wildman–Crippen MR) is 437 cm³/mol. The molecule has 5 rings (SSSR count). The summed E-state index contributed by atoms with van der Waals surface area (Å²) in [5.74, 6) is 0. The van der Waals surface area contributed by atoms with Crippen LogP contribution in [-0.2, 0) is 86.3 Å². The fourth-order valence-electron chi connectivity index (χ4n) is 12.1. The second kappa shape index (κ2) is 37.3. The van der Waals surface area contributed by atoms with Gasteiger partial charge in [-0.25, -0.2) is 20.0 Å². The number of rotatable bonds is 26. The molecule has 0 saturated carbocycles. The minimum absolute atomic E-state index is 0.0789. The third-order valence-corrected chi connectivity index (χ3v) is 26.3. The van der Waals surface area contributed by atoms with Crippen LogP contribution in [0.1, 0.15) is 13.8 Å². The van der Waals surface area contributed by atoms with E-state index in [0.29, 0.717) is 0 Å². The number of fused-ring (bicyclic) bond motifs is 8. The molecule has 23 nitrogen and oxygen atoms in total. The van der Waals surface area contributed by atoms with Crippen LogP contribution in [0.4, 0.5) is 0 Å². The molecule has 0 spiro atoms. The van der Waals surface area contributed by atoms with E-state index >= 15 is 0 Å². The highest BCUT2D eigenvalue weighted by Gasteiger charge is 2.60. The van der Waals surface area contributed by atoms with Crippen molar-refractivity contribution in [2.75, 3.05) is 39.4 Å². The first-order chi connectivity index (χ1) is 45.4. The summed E-state index contributed by atoms with van der Waals surface area (Å²) in [6.07, 6.45) is -15.4. The zero-order valence-corrected chi connectivity index (χ0v) is 82.3. The second-order valence-electron chi connectivity index (χ2n) is 39.1. The van der Waals surface area contributed by atoms with Gasteiger partial charge in [0.2, 0.25) is 0 Å². The van der Waals surface area contributed by atoms with Gasteiger partial charge in [-0.2, -0.15) is 0 Å². The van der Waals surface area contributed by atoms with Crippen LogP contribution in [0.25, 0.3) is 0 Å². The van der Waals surface area contributed by atoms with Crippen LogP contribution in [-0.4, -0.2) is 274 Å². The first-order valence-corrected chi connectivity index (χ1v) is 78.1. The minimum Gasteiger partial charge on any atom is -0.409 e. The van der Waals surface area contributed by atoms with E-state index in [0.717, 1.165) is 13.2 Å². The SMILES string of the molecule is CCOCC.C[Si](C)(C)O[C@@H]1[C@@H](O[Si](C)(C)C)[C@H]2O[C@H]3O[C@H](CN=C=NC[C@H]4O[C@H](O[C@H]5O[C@H](CN=C=NC[C@@H](O2)[C@H]1O[Si](C)(C)C)[C@@H](O[Si](C)(C)C)[C@H](O[Si](C)(C)C)[C@H]5O[Si](C)(C)C)[C@H](O[Si](C)(C)C)[C@@H](O[Si](C)(C)C)[C@@H]4O[Si](C)(C)C)[C@@H](O[Si](C)(C)C)[C@H](O[Si](C)(C)C)[C@H]3O[Si](C)(C)C. The van der Waals surface area contributed by atoms with Crippen LogP contribution in [0.5, 0.6) is 0 Å². The molecular weight excluding hydrogens is 1490 g/mol. The highest BCUT2D eigenvalue weighted by Crippen LogP contribution is 2.42. The summed E-state index contributed by atoms with van der Waals surface area (Å²) < 4.78 is 137. The van der Waals surface area contributed by atoms with Gasteiger partial charge in [0.25, 0.3) is 0 Å². The fraction of sp³-hybridized carbons (Fsp3) is 0.970. The molecule has 8 bridgehead atoms. The molecule has 4 saturated heterocycles. The molecular formula is C66H146N4O19Si12. The molecule has 0 aromatic carbocycles. The number of aliphatic imine (C=N–C) groups is 4. The Morgan fingerprint density at radius 1 is 0.218 bits per heavy atom. The topological polar surface area (TPSA) is 225 Å². The molecule has 0 radical (unpaired) electrons. The van der Waals surface area contributed by atoms with E-state index < -0.39 is 223 Å². The predicted octanol–water partition coefficient (Wildman–Crippen LogP) is 15.0. The Labute approximate surface area is 625 Å². The van der Waals surface area contributed by atoms with Crippen molar-refractivity contribution in [1.29, 1.82) is 0 Å². The maximum absolute atomic E-state index is 7.52. The van der Waals surface area contributed by atoms with Crippen molar-refractivity contribution in [3.63, 3.8) is 0 Å². The summed E-state index contributed by atoms with van der Waals surface area (Å²) in [6.45, 7) is 84.3. The van der Waals surface area contributed by atoms with Crippen LogP contribution in [0.15, 0.2) is 20.0 Å². The standard InChI is InChI=1S/C62H136N4O18Si12.C4H10O/c1-85(2,3)73-47-43-37-63-41-64-38-44-48(74-86(4,5)6)53(79-91(19,20)21)57(83-95(31,32)33)61(69-44)72-62-58(84-96(34,35)36)54(80-92(22,23)24)50(76-88(10,11)12)46(70-62)40-66-42-65-39-45-49(75-87(7,8)9)52(78-90(16,17)18)56(82-94(28,29)30)60(68-45)71-59(67-43)55(81-93(25,26)27)51(47)77-89(13,14)15;1-3-5-4-2/h43-62H,37-40H2,1-36H3;3-4H2,1-2H3/t43-,44-,45-,46-,47-,48-,49-,50-,51+,52+,53+,54+,55-,56-,57-,58-,59-,60-,61-,62-;/m1./s1. The molecule has 592 valence electrons. The van der Waals surface area contributed by atoms with Gasteiger partial charge in [-0.1, -0.05) is 0 Å². The Balaban J connectivity index is 0.00000417. The Hall–Kier alpha value is 0.603. The lowest BCUT2D eigenvalue weighted by atomic mass is 9.97. The molecule has 5 aliphatic rings. The Morgan fingerprint density at radius 2 is 0.356 bits per heavy atom. The molecule has 101 heavy (non-hydrogen) atoms. The van der Waals surface area contributed by atoms with E-state index in [4.69, 9.17) is 106 Å². The van der Waals surface area contributed by atoms with Gasteiger partial charge in [0, 0.05) is 13.2 Å². The number of ether oxygens (including phenoxy) is 7. The van der Waals surface area contributed by atoms with Gasteiger partial charge in [0.05, 0.1) is 38.2 Å². The van der Waals surface area contributed by atoms with E-state index in [1.54, 1.807) is 0 Å². The zero-order chi connectivity index (χ0) is 77.5. The third kappa shape index (κ3) is 35.2. The second-order valence-corrected chi connectivity index (χ2v) is 92.7. The lowest BCUT2D eigenvalue weighted by Crippen LogP contribution is -2.69. The Kier molecular flexibility index (Phi) is 34.7. The fourth-order valence-corrected chi connectivity index (χ4v) is 25.1. The molecule has 0 aromatic rings. The third-order valence-electron chi connectivity index (χ3n) is 14.6. The monoisotopic (exact) mass is 1630 g/mol. The first-order valence-electron chi connectivity index (χ1n) is 37.2. The average molecular weight is 1640 g/mol. The highest BCUT2D eigenvalue weighted by molar-refractivity contribution is 6.74. The van der Waals surface area contributed by atoms with Crippen molar-refractivity contribution in [2.24, 2.45) is 20.0 Å². The summed E-state index contributed by atoms with van der Waals surface area (Å²) in [7, 11) is -28.9. The maximum Gasteiger partial charge on any atom is 0.188 e. The summed E-state index contributed by atoms with van der Waals surface area (Å²) >= 11 is 0. The molecule has 0 amide bonds. The van der Waals surface area contributed by atoms with Crippen molar-refractivity contribution in [2.45, 2.75) is 372 Å². The lowest BCUT2D eigenvalue weighted by Gasteiger charge is -2.53. The van der Waals surface area contributed by atoms with E-state index in [1.165, 1.54) is 0 Å². The van der Waals surface area contributed by atoms with Gasteiger partial charge in [0.1, 0.15) is 97.7 Å². The van der Waals surface area contributed by atoms with Gasteiger partial charge in [-0.05, 0) is 250 Å². The van der Waals surface area contributed by atoms with Gasteiger partial charge < -0.3 is 86.3 Å². The Bertz CT molecular complexity index is 2310. The first kappa shape index (κ1) is 94.0. The molecule has 5 heterocycles. The van der Waals surface area contributed by atoms with Crippen LogP contribution < -0.4 is 0 Å². The van der Waals surface area contributed by atoms with E-state index in [1.807, 2.05) is 13.8 Å². The number of hydrogen-bond acceptors (Lipinski definition) is 23. The molecule has 0 aliphatic carbocycles. The van der Waals surface area contributed by atoms with E-state index in [2.05, 4.69) is 248 Å². The number of hydrogen-bond donors (Lipinski definition) is 0. The average Bonchev–Trinajstić information content (AvgIpc) is 0.766. The van der Waals surface area contributed by atoms with E-state index in [9.17, 15) is 0 Å². The van der Waals surface area contributed by atoms with E-state index in [-0.39, 0.29) is 26.2 Å². The van der Waals surface area contributed by atoms with Crippen molar-refractivity contribution in [3.05, 3.63) is 0 Å². The van der Waals surface area contributed by atoms with Crippen molar-refractivity contribution in [1.82, 2.24) is 0 Å². The largest absolute Gasteiger partial charge is 0.409 e. The highest BCUT2D eigenvalue weighted by atomic mass is 28.4. The summed E-state index contributed by atoms with van der Waals surface area (Å²) in [6, 6.07) is 6.25. The van der Waals surface area contributed by atoms with Crippen LogP contribution in [0.3, 0.4) is 0 Å². The van der Waals surface area contributed by atoms with Gasteiger partial charge in [-0.15, -0.1) is 0 Å². The quantitative estimate of drug-likeness (QED) is 0.0734. The van der Waals surface area contributed by atoms with Gasteiger partial charge in [-0.3, -0.25) is 0 Å². The van der Waals surface area contributed by atoms with Crippen LogP contribution >= 0.6 is 0 Å². The molecule has 20 atom stereocenters. The normalized spacial score (nSPS) is 33.2. The molecule has 0 aromatic heterocycles. The van der Waals surface area contributed by atoms with Crippen molar-refractivity contribution in [3.8, 4) is 0 Å². The molecule has 4 fully saturated rings. The summed E-state index contributed by atoms with van der Waals surface area (Å²) in [5.41, 5.74) is 0. The maximum atomic E-state index is 7.52. The lowest BCUT2D eigenvalue weighted by molar-refractivity contribution is -0.363. The zero-order valence-electron chi connectivity index (χ0n) is 70.3. The molecule has 0 N–H and O–H groups in total. The van der Waals surface area contributed by atoms with Gasteiger partial charge >= 0.3 is 0 Å². The Morgan fingerprint density at radius 3 is 0.485 bits per heavy atom. The van der Waals surface area contributed by atoms with Crippen LogP contribution in [0.2, 0.25) is 236 Å². The molecule has 5 aliphatic heterocycles. The summed E-state index contributed by atoms with van der Waals surface area (Å²) in [4.78, 5) is 20.0. The smallest absolute Gasteiger partial charge is 0.188 e. The molecule has 35 heteroatoms. The van der Waals surface area contributed by atoms with Crippen LogP contribution in [0, 0.1) is 0 Å². The molecule has 0 unspecified atom stereocenters. The van der Waals surface area contributed by atoms with Gasteiger partial charge in [0.15, 0.2) is 125 Å². The number of nitrogens with zero attached hydrogens (tertiary/aromatic N) is 4.